The molecule has 0 unspecified atom stereocenters. The van der Waals surface area contributed by atoms with Gasteiger partial charge in [0.05, 0.1) is 0 Å². The number of hydrogen-bond donors (Lipinski definition) is 4. The second kappa shape index (κ2) is 14.5. The summed E-state index contributed by atoms with van der Waals surface area (Å²) in [5.74, 6) is -0.176. The van der Waals surface area contributed by atoms with E-state index in [1.807, 2.05) is 0 Å². The maximum absolute atomic E-state index is 11.7. The number of benzene rings is 3. The van der Waals surface area contributed by atoms with E-state index in [1.165, 1.54) is 38.2 Å². The molecule has 3 aromatic carbocycles. The average molecular weight is 515 g/mol. The van der Waals surface area contributed by atoms with Gasteiger partial charge in [0.15, 0.2) is 0 Å². The molecule has 0 spiro atoms. The minimum absolute atomic E-state index is 0.0881. The molecule has 0 heterocycles. The standard InChI is InChI=1S/C32H42N4O2/c1-6-24-13-14-27-28(19-24)30(21-34-16-10-18-36-32(38)23(4)5)26-12-8-7-11-25(26)29(27)20-33-15-9-17-35-31(37)22(2)3/h7-8,11-14,19,33-34H,2,4,6,9-10,15-18,20-21H2,1,3,5H3,(H,35,37)(H,36,38). The number of rotatable bonds is 15. The highest BCUT2D eigenvalue weighted by molar-refractivity contribution is 6.06. The van der Waals surface area contributed by atoms with Gasteiger partial charge in [-0.05, 0) is 84.4 Å². The Balaban J connectivity index is 1.76. The number of fused-ring (bicyclic) bond motifs is 2. The molecule has 202 valence electrons. The highest BCUT2D eigenvalue weighted by atomic mass is 16.2. The van der Waals surface area contributed by atoms with Crippen molar-refractivity contribution in [3.8, 4) is 0 Å². The Hall–Kier alpha value is -3.48. The topological polar surface area (TPSA) is 82.3 Å². The predicted molar refractivity (Wildman–Crippen MR) is 159 cm³/mol. The van der Waals surface area contributed by atoms with E-state index in [2.05, 4.69) is 83.8 Å². The number of carbonyl (C=O) groups is 2. The highest BCUT2D eigenvalue weighted by Gasteiger charge is 2.14. The van der Waals surface area contributed by atoms with E-state index in [4.69, 9.17) is 0 Å². The molecular formula is C32H42N4O2. The van der Waals surface area contributed by atoms with Crippen LogP contribution in [0.2, 0.25) is 0 Å². The van der Waals surface area contributed by atoms with Crippen molar-refractivity contribution in [2.75, 3.05) is 26.2 Å². The summed E-state index contributed by atoms with van der Waals surface area (Å²) in [6.45, 7) is 17.4. The van der Waals surface area contributed by atoms with Gasteiger partial charge in [-0.3, -0.25) is 9.59 Å². The van der Waals surface area contributed by atoms with E-state index in [9.17, 15) is 9.59 Å². The van der Waals surface area contributed by atoms with Gasteiger partial charge in [0, 0.05) is 37.3 Å². The van der Waals surface area contributed by atoms with Crippen LogP contribution >= 0.6 is 0 Å². The molecule has 0 atom stereocenters. The van der Waals surface area contributed by atoms with Gasteiger partial charge in [-0.1, -0.05) is 62.5 Å². The zero-order valence-corrected chi connectivity index (χ0v) is 23.1. The second-order valence-electron chi connectivity index (χ2n) is 9.87. The molecular weight excluding hydrogens is 472 g/mol. The molecule has 3 aromatic rings. The smallest absolute Gasteiger partial charge is 0.246 e. The predicted octanol–water partition coefficient (Wildman–Crippen LogP) is 4.90. The van der Waals surface area contributed by atoms with Crippen molar-refractivity contribution < 1.29 is 9.59 Å². The molecule has 0 aliphatic heterocycles. The maximum atomic E-state index is 11.7. The second-order valence-corrected chi connectivity index (χ2v) is 9.87. The Bertz CT molecular complexity index is 1310. The molecule has 4 N–H and O–H groups in total. The van der Waals surface area contributed by atoms with E-state index in [1.54, 1.807) is 13.8 Å². The fourth-order valence-corrected chi connectivity index (χ4v) is 4.56. The van der Waals surface area contributed by atoms with Crippen LogP contribution in [0.25, 0.3) is 21.5 Å². The highest BCUT2D eigenvalue weighted by Crippen LogP contribution is 2.34. The van der Waals surface area contributed by atoms with Gasteiger partial charge in [-0.25, -0.2) is 0 Å². The van der Waals surface area contributed by atoms with Crippen molar-refractivity contribution >= 4 is 33.4 Å². The third-order valence-corrected chi connectivity index (χ3v) is 6.73. The summed E-state index contributed by atoms with van der Waals surface area (Å²) in [7, 11) is 0. The zero-order chi connectivity index (χ0) is 27.5. The van der Waals surface area contributed by atoms with Gasteiger partial charge < -0.3 is 21.3 Å². The molecule has 0 aromatic heterocycles. The molecule has 0 aliphatic rings. The Kier molecular flexibility index (Phi) is 11.1. The first-order chi connectivity index (χ1) is 18.3. The van der Waals surface area contributed by atoms with Crippen molar-refractivity contribution in [3.05, 3.63) is 83.5 Å². The van der Waals surface area contributed by atoms with Crippen LogP contribution in [0.15, 0.2) is 66.8 Å². The summed E-state index contributed by atoms with van der Waals surface area (Å²) in [5.41, 5.74) is 5.00. The van der Waals surface area contributed by atoms with E-state index in [-0.39, 0.29) is 11.8 Å². The van der Waals surface area contributed by atoms with Crippen LogP contribution in [0.4, 0.5) is 0 Å². The zero-order valence-electron chi connectivity index (χ0n) is 23.1. The molecule has 0 saturated heterocycles. The van der Waals surface area contributed by atoms with Crippen molar-refractivity contribution in [2.24, 2.45) is 0 Å². The summed E-state index contributed by atoms with van der Waals surface area (Å²) < 4.78 is 0. The van der Waals surface area contributed by atoms with Crippen molar-refractivity contribution in [2.45, 2.75) is 53.1 Å². The van der Waals surface area contributed by atoms with Crippen LogP contribution in [0.5, 0.6) is 0 Å². The van der Waals surface area contributed by atoms with Gasteiger partial charge >= 0.3 is 0 Å². The third kappa shape index (κ3) is 7.76. The van der Waals surface area contributed by atoms with Crippen LogP contribution in [0.1, 0.15) is 50.3 Å². The lowest BCUT2D eigenvalue weighted by Gasteiger charge is -2.19. The van der Waals surface area contributed by atoms with Crippen LogP contribution < -0.4 is 21.3 Å². The number of hydrogen-bond acceptors (Lipinski definition) is 4. The Morgan fingerprint density at radius 1 is 0.684 bits per heavy atom. The van der Waals surface area contributed by atoms with Crippen molar-refractivity contribution in [1.82, 2.24) is 21.3 Å². The molecule has 6 heteroatoms. The number of amides is 2. The molecule has 38 heavy (non-hydrogen) atoms. The minimum Gasteiger partial charge on any atom is -0.352 e. The lowest BCUT2D eigenvalue weighted by atomic mass is 9.90. The molecule has 6 nitrogen and oxygen atoms in total. The summed E-state index contributed by atoms with van der Waals surface area (Å²) in [5, 5.41) is 18.1. The third-order valence-electron chi connectivity index (χ3n) is 6.73. The van der Waals surface area contributed by atoms with E-state index < -0.39 is 0 Å². The largest absolute Gasteiger partial charge is 0.352 e. The Morgan fingerprint density at radius 3 is 1.63 bits per heavy atom. The van der Waals surface area contributed by atoms with Crippen molar-refractivity contribution in [1.29, 1.82) is 0 Å². The SMILES string of the molecule is C=C(C)C(=O)NCCCNCc1c2ccccc2c(CNCCCNC(=O)C(=C)C)c2cc(CC)ccc12. The molecule has 0 fully saturated rings. The van der Waals surface area contributed by atoms with Crippen LogP contribution in [-0.2, 0) is 29.1 Å². The fraction of sp³-hybridized carbons (Fsp3) is 0.375. The monoisotopic (exact) mass is 514 g/mol. The van der Waals surface area contributed by atoms with Gasteiger partial charge in [0.1, 0.15) is 0 Å². The maximum Gasteiger partial charge on any atom is 0.246 e. The molecule has 0 saturated carbocycles. The lowest BCUT2D eigenvalue weighted by Crippen LogP contribution is -2.27. The summed E-state index contributed by atoms with van der Waals surface area (Å²) >= 11 is 0. The van der Waals surface area contributed by atoms with Crippen LogP contribution in [0, 0.1) is 0 Å². The minimum atomic E-state index is -0.0884. The number of nitrogens with one attached hydrogen (secondary N) is 4. The Labute approximate surface area is 227 Å². The summed E-state index contributed by atoms with van der Waals surface area (Å²) in [4.78, 5) is 23.4. The van der Waals surface area contributed by atoms with Gasteiger partial charge in [-0.15, -0.1) is 0 Å². The van der Waals surface area contributed by atoms with E-state index in [0.717, 1.165) is 45.4 Å². The van der Waals surface area contributed by atoms with E-state index in [0.29, 0.717) is 24.2 Å². The summed E-state index contributed by atoms with van der Waals surface area (Å²) in [6.07, 6.45) is 2.69. The molecule has 0 radical (unpaired) electrons. The summed E-state index contributed by atoms with van der Waals surface area (Å²) in [6, 6.07) is 15.5. The number of aryl methyl sites for hydroxylation is 1. The van der Waals surface area contributed by atoms with Gasteiger partial charge in [0.25, 0.3) is 0 Å². The van der Waals surface area contributed by atoms with Crippen molar-refractivity contribution in [3.63, 3.8) is 0 Å². The molecule has 0 aliphatic carbocycles. The average Bonchev–Trinajstić information content (AvgIpc) is 2.92. The number of carbonyl (C=O) groups excluding carboxylic acids is 2. The van der Waals surface area contributed by atoms with Crippen LogP contribution in [0.3, 0.4) is 0 Å². The van der Waals surface area contributed by atoms with Gasteiger partial charge in [-0.2, -0.15) is 0 Å². The lowest BCUT2D eigenvalue weighted by molar-refractivity contribution is -0.118. The molecule has 3 rings (SSSR count). The first-order valence-electron chi connectivity index (χ1n) is 13.6. The van der Waals surface area contributed by atoms with Gasteiger partial charge in [0.2, 0.25) is 11.8 Å². The normalized spacial score (nSPS) is 11.0. The quantitative estimate of drug-likeness (QED) is 0.132. The first-order valence-corrected chi connectivity index (χ1v) is 13.6. The fourth-order valence-electron chi connectivity index (χ4n) is 4.56. The molecule has 0 bridgehead atoms. The first kappa shape index (κ1) is 29.1. The van der Waals surface area contributed by atoms with Crippen LogP contribution in [-0.4, -0.2) is 38.0 Å². The Morgan fingerprint density at radius 2 is 1.16 bits per heavy atom. The molecule has 2 amide bonds. The van der Waals surface area contributed by atoms with E-state index >= 15 is 0 Å².